The summed E-state index contributed by atoms with van der Waals surface area (Å²) in [6.07, 6.45) is 10.5. The van der Waals surface area contributed by atoms with E-state index in [1.807, 2.05) is 0 Å². The molecule has 28 heavy (non-hydrogen) atoms. The molecule has 0 unspecified atom stereocenters. The summed E-state index contributed by atoms with van der Waals surface area (Å²) in [5, 5.41) is 12.0. The van der Waals surface area contributed by atoms with Crippen LogP contribution in [-0.4, -0.2) is 14.9 Å². The Balaban J connectivity index is 1.25. The third kappa shape index (κ3) is 3.34. The van der Waals surface area contributed by atoms with E-state index in [0.29, 0.717) is 11.0 Å². The van der Waals surface area contributed by atoms with Gasteiger partial charge >= 0.3 is 0 Å². The second-order valence-corrected chi connectivity index (χ2v) is 10.1. The van der Waals surface area contributed by atoms with E-state index in [1.165, 1.54) is 44.1 Å². The molecule has 4 fully saturated rings. The molecule has 0 spiro atoms. The van der Waals surface area contributed by atoms with Crippen LogP contribution in [0.15, 0.2) is 36.5 Å². The van der Waals surface area contributed by atoms with Gasteiger partial charge in [-0.15, -0.1) is 0 Å². The normalized spacial score (nSPS) is 30.6. The fourth-order valence-electron chi connectivity index (χ4n) is 6.23. The third-order valence-electron chi connectivity index (χ3n) is 7.16. The Hall–Kier alpha value is -1.88. The number of benzene rings is 1. The molecule has 0 amide bonds. The summed E-state index contributed by atoms with van der Waals surface area (Å²) in [5.74, 6) is 4.13. The number of nitrogens with one attached hydrogen (secondary N) is 2. The molecule has 1 heterocycles. The highest BCUT2D eigenvalue weighted by molar-refractivity contribution is 7.80. The Labute approximate surface area is 173 Å². The molecule has 4 bridgehead atoms. The van der Waals surface area contributed by atoms with Gasteiger partial charge in [0, 0.05) is 18.0 Å². The number of anilines is 2. The van der Waals surface area contributed by atoms with Crippen LogP contribution in [0.4, 0.5) is 11.5 Å². The summed E-state index contributed by atoms with van der Waals surface area (Å²) >= 11 is 5.51. The molecule has 6 rings (SSSR count). The Bertz CT molecular complexity index is 832. The van der Waals surface area contributed by atoms with Crippen molar-refractivity contribution in [2.24, 2.45) is 17.8 Å². The van der Waals surface area contributed by atoms with Crippen molar-refractivity contribution in [2.45, 2.75) is 63.8 Å². The molecule has 0 atom stereocenters. The van der Waals surface area contributed by atoms with Crippen molar-refractivity contribution in [1.29, 1.82) is 0 Å². The molecule has 5 heteroatoms. The lowest BCUT2D eigenvalue weighted by Gasteiger charge is -2.56. The van der Waals surface area contributed by atoms with Gasteiger partial charge in [-0.2, -0.15) is 5.10 Å². The Morgan fingerprint density at radius 3 is 2.18 bits per heavy atom. The van der Waals surface area contributed by atoms with Gasteiger partial charge in [0.1, 0.15) is 0 Å². The Kier molecular flexibility index (Phi) is 4.46. The van der Waals surface area contributed by atoms with Gasteiger partial charge in [0.25, 0.3) is 0 Å². The predicted octanol–water partition coefficient (Wildman–Crippen LogP) is 5.74. The molecule has 4 nitrogen and oxygen atoms in total. The van der Waals surface area contributed by atoms with E-state index in [1.54, 1.807) is 0 Å². The van der Waals surface area contributed by atoms with Crippen molar-refractivity contribution >= 4 is 28.8 Å². The van der Waals surface area contributed by atoms with Gasteiger partial charge in [-0.05, 0) is 92.1 Å². The predicted molar refractivity (Wildman–Crippen MR) is 119 cm³/mol. The maximum absolute atomic E-state index is 5.51. The average Bonchev–Trinajstić information content (AvgIpc) is 3.10. The second kappa shape index (κ2) is 6.87. The highest BCUT2D eigenvalue weighted by Gasteiger charge is 2.52. The lowest BCUT2D eigenvalue weighted by atomic mass is 9.53. The first-order valence-electron chi connectivity index (χ1n) is 10.7. The topological polar surface area (TPSA) is 41.9 Å². The monoisotopic (exact) mass is 394 g/mol. The zero-order chi connectivity index (χ0) is 19.3. The van der Waals surface area contributed by atoms with Crippen LogP contribution in [0.5, 0.6) is 0 Å². The standard InChI is InChI=1S/C23H30N4S/c1-15(2)19-3-5-20(6-4-19)24-22(28)25-21-7-8-27(26-21)23-12-16-9-17(13-23)11-18(10-16)14-23/h3-8,15-18H,9-14H2,1-2H3,(H2,24,25,26,28). The van der Waals surface area contributed by atoms with E-state index < -0.39 is 0 Å². The molecular formula is C23H30N4S. The van der Waals surface area contributed by atoms with Crippen molar-refractivity contribution in [3.63, 3.8) is 0 Å². The van der Waals surface area contributed by atoms with Gasteiger partial charge in [0.15, 0.2) is 10.9 Å². The SMILES string of the molecule is CC(C)c1ccc(NC(=S)Nc2ccn(C34CC5CC(CC(C5)C3)C4)n2)cc1. The van der Waals surface area contributed by atoms with Crippen LogP contribution in [0, 0.1) is 17.8 Å². The van der Waals surface area contributed by atoms with Gasteiger partial charge in [-0.1, -0.05) is 26.0 Å². The fourth-order valence-corrected chi connectivity index (χ4v) is 6.45. The van der Waals surface area contributed by atoms with Gasteiger partial charge in [0.05, 0.1) is 5.54 Å². The largest absolute Gasteiger partial charge is 0.332 e. The first kappa shape index (κ1) is 18.2. The summed E-state index contributed by atoms with van der Waals surface area (Å²) in [4.78, 5) is 0. The minimum Gasteiger partial charge on any atom is -0.332 e. The van der Waals surface area contributed by atoms with Crippen molar-refractivity contribution in [3.8, 4) is 0 Å². The number of nitrogens with zero attached hydrogens (tertiary/aromatic N) is 2. The summed E-state index contributed by atoms with van der Waals surface area (Å²) < 4.78 is 2.26. The highest BCUT2D eigenvalue weighted by Crippen LogP contribution is 2.58. The average molecular weight is 395 g/mol. The van der Waals surface area contributed by atoms with Gasteiger partial charge in [-0.3, -0.25) is 4.68 Å². The molecule has 0 radical (unpaired) electrons. The molecule has 4 aliphatic rings. The first-order valence-corrected chi connectivity index (χ1v) is 11.1. The molecule has 4 aliphatic carbocycles. The Morgan fingerprint density at radius 1 is 1.00 bits per heavy atom. The molecular weight excluding hydrogens is 364 g/mol. The second-order valence-electron chi connectivity index (χ2n) is 9.64. The molecule has 2 N–H and O–H groups in total. The zero-order valence-corrected chi connectivity index (χ0v) is 17.6. The molecule has 0 aliphatic heterocycles. The molecule has 2 aromatic rings. The number of rotatable bonds is 4. The maximum Gasteiger partial charge on any atom is 0.176 e. The number of hydrogen-bond acceptors (Lipinski definition) is 2. The number of thiocarbonyl (C=S) groups is 1. The number of hydrogen-bond donors (Lipinski definition) is 2. The van der Waals surface area contributed by atoms with Crippen LogP contribution in [0.25, 0.3) is 0 Å². The smallest absolute Gasteiger partial charge is 0.176 e. The molecule has 1 aromatic heterocycles. The third-order valence-corrected chi connectivity index (χ3v) is 7.36. The summed E-state index contributed by atoms with van der Waals surface area (Å²) in [7, 11) is 0. The summed E-state index contributed by atoms with van der Waals surface area (Å²) in [5.41, 5.74) is 2.59. The quantitative estimate of drug-likeness (QED) is 0.649. The van der Waals surface area contributed by atoms with Gasteiger partial charge in [-0.25, -0.2) is 0 Å². The van der Waals surface area contributed by atoms with Gasteiger partial charge < -0.3 is 10.6 Å². The minimum absolute atomic E-state index is 0.260. The van der Waals surface area contributed by atoms with Crippen LogP contribution < -0.4 is 10.6 Å². The fraction of sp³-hybridized carbons (Fsp3) is 0.565. The van der Waals surface area contributed by atoms with Crippen LogP contribution in [0.2, 0.25) is 0 Å². The van der Waals surface area contributed by atoms with Crippen molar-refractivity contribution in [2.75, 3.05) is 10.6 Å². The van der Waals surface area contributed by atoms with Crippen LogP contribution >= 0.6 is 12.2 Å². The van der Waals surface area contributed by atoms with E-state index in [4.69, 9.17) is 17.3 Å². The summed E-state index contributed by atoms with van der Waals surface area (Å²) in [6, 6.07) is 10.5. The first-order chi connectivity index (χ1) is 13.5. The molecule has 0 saturated heterocycles. The number of aromatic nitrogens is 2. The van der Waals surface area contributed by atoms with E-state index in [9.17, 15) is 0 Å². The van der Waals surface area contributed by atoms with Crippen LogP contribution in [0.1, 0.15) is 63.9 Å². The zero-order valence-electron chi connectivity index (χ0n) is 16.8. The lowest BCUT2D eigenvalue weighted by Crippen LogP contribution is -2.52. The molecule has 1 aromatic carbocycles. The van der Waals surface area contributed by atoms with Crippen LogP contribution in [0.3, 0.4) is 0 Å². The lowest BCUT2D eigenvalue weighted by molar-refractivity contribution is -0.0492. The van der Waals surface area contributed by atoms with E-state index >= 15 is 0 Å². The van der Waals surface area contributed by atoms with E-state index in [0.717, 1.165) is 29.3 Å². The van der Waals surface area contributed by atoms with E-state index in [2.05, 4.69) is 65.7 Å². The molecule has 148 valence electrons. The maximum atomic E-state index is 5.51. The van der Waals surface area contributed by atoms with Crippen LogP contribution in [-0.2, 0) is 5.54 Å². The van der Waals surface area contributed by atoms with Crippen molar-refractivity contribution < 1.29 is 0 Å². The van der Waals surface area contributed by atoms with Crippen molar-refractivity contribution in [1.82, 2.24) is 9.78 Å². The highest BCUT2D eigenvalue weighted by atomic mass is 32.1. The van der Waals surface area contributed by atoms with E-state index in [-0.39, 0.29) is 5.54 Å². The van der Waals surface area contributed by atoms with Crippen molar-refractivity contribution in [3.05, 3.63) is 42.1 Å². The minimum atomic E-state index is 0.260. The summed E-state index contributed by atoms with van der Waals surface area (Å²) in [6.45, 7) is 4.41. The molecule has 4 saturated carbocycles. The van der Waals surface area contributed by atoms with Gasteiger partial charge in [0.2, 0.25) is 0 Å². The Morgan fingerprint density at radius 2 is 1.61 bits per heavy atom.